The molecule has 2 atom stereocenters. The van der Waals surface area contributed by atoms with E-state index in [-0.39, 0.29) is 10.9 Å². The number of hydrogen-bond acceptors (Lipinski definition) is 5. The molecule has 0 amide bonds. The first-order valence-electron chi connectivity index (χ1n) is 7.37. The molecule has 0 radical (unpaired) electrons. The number of ether oxygens (including phenoxy) is 3. The zero-order valence-corrected chi connectivity index (χ0v) is 15.4. The van der Waals surface area contributed by atoms with Gasteiger partial charge in [-0.25, -0.2) is 0 Å². The van der Waals surface area contributed by atoms with Crippen LogP contribution in [0.4, 0.5) is 0 Å². The third-order valence-electron chi connectivity index (χ3n) is 3.11. The van der Waals surface area contributed by atoms with Crippen molar-refractivity contribution in [3.05, 3.63) is 48.5 Å². The van der Waals surface area contributed by atoms with E-state index in [9.17, 15) is 0 Å². The molecule has 0 aliphatic rings. The minimum absolute atomic E-state index is 0.0733. The summed E-state index contributed by atoms with van der Waals surface area (Å²) in [5.41, 5.74) is 0.147. The summed E-state index contributed by atoms with van der Waals surface area (Å²) in [6.45, 7) is 4.14. The van der Waals surface area contributed by atoms with E-state index in [1.807, 2.05) is 48.5 Å². The van der Waals surface area contributed by atoms with Crippen LogP contribution in [0.3, 0.4) is 0 Å². The van der Waals surface area contributed by atoms with Crippen LogP contribution < -0.4 is 9.47 Å². The van der Waals surface area contributed by atoms with Crippen LogP contribution in [0.15, 0.2) is 58.3 Å². The number of thioether (sulfide) groups is 2. The Morgan fingerprint density at radius 2 is 1.00 bits per heavy atom. The average molecular weight is 351 g/mol. The van der Waals surface area contributed by atoms with Crippen molar-refractivity contribution < 1.29 is 14.2 Å². The van der Waals surface area contributed by atoms with Gasteiger partial charge >= 0.3 is 0 Å². The van der Waals surface area contributed by atoms with Crippen LogP contribution in [0, 0.1) is 0 Å². The maximum absolute atomic E-state index is 6.03. The summed E-state index contributed by atoms with van der Waals surface area (Å²) in [4.78, 5) is 2.33. The summed E-state index contributed by atoms with van der Waals surface area (Å²) in [7, 11) is 3.35. The Hall–Kier alpha value is -1.30. The first-order valence-corrected chi connectivity index (χ1v) is 9.13. The van der Waals surface area contributed by atoms with Gasteiger partial charge in [0.15, 0.2) is 0 Å². The van der Waals surface area contributed by atoms with E-state index in [1.165, 1.54) is 9.79 Å². The largest absolute Gasteiger partial charge is 0.497 e. The fraction of sp³-hybridized carbons (Fsp3) is 0.333. The predicted molar refractivity (Wildman–Crippen MR) is 97.7 cm³/mol. The van der Waals surface area contributed by atoms with Gasteiger partial charge in [-0.1, -0.05) is 23.5 Å². The maximum atomic E-state index is 6.03. The van der Waals surface area contributed by atoms with Crippen LogP contribution in [0.25, 0.3) is 0 Å². The molecule has 0 saturated heterocycles. The van der Waals surface area contributed by atoms with Gasteiger partial charge in [-0.05, 0) is 62.4 Å². The normalized spacial score (nSPS) is 13.4. The maximum Gasteiger partial charge on any atom is 0.118 e. The topological polar surface area (TPSA) is 27.7 Å². The highest BCUT2D eigenvalue weighted by Gasteiger charge is 2.11. The number of hydrogen-bond donors (Lipinski definition) is 0. The van der Waals surface area contributed by atoms with Gasteiger partial charge in [-0.2, -0.15) is 0 Å². The average Bonchev–Trinajstić information content (AvgIpc) is 2.56. The first-order chi connectivity index (χ1) is 11.1. The van der Waals surface area contributed by atoms with Gasteiger partial charge in [0, 0.05) is 9.79 Å². The van der Waals surface area contributed by atoms with E-state index >= 15 is 0 Å². The molecular weight excluding hydrogens is 328 g/mol. The van der Waals surface area contributed by atoms with Gasteiger partial charge in [0.2, 0.25) is 0 Å². The molecule has 3 nitrogen and oxygen atoms in total. The molecule has 0 N–H and O–H groups in total. The standard InChI is InChI=1S/C18H22O3S2/c1-13(22-17-9-5-15(19-3)6-10-17)21-14(2)23-18-11-7-16(20-4)8-12-18/h5-14H,1-4H3. The fourth-order valence-corrected chi connectivity index (χ4v) is 3.89. The molecule has 0 saturated carbocycles. The molecule has 0 bridgehead atoms. The molecule has 2 aromatic rings. The quantitative estimate of drug-likeness (QED) is 0.476. The highest BCUT2D eigenvalue weighted by atomic mass is 32.2. The SMILES string of the molecule is COc1ccc(SC(C)OC(C)Sc2ccc(OC)cc2)cc1. The summed E-state index contributed by atoms with van der Waals surface area (Å²) in [5, 5.41) is 0. The van der Waals surface area contributed by atoms with Crippen LogP contribution in [0.5, 0.6) is 11.5 Å². The number of benzene rings is 2. The molecule has 2 aromatic carbocycles. The third-order valence-corrected chi connectivity index (χ3v) is 5.08. The van der Waals surface area contributed by atoms with E-state index in [2.05, 4.69) is 13.8 Å². The summed E-state index contributed by atoms with van der Waals surface area (Å²) in [6, 6.07) is 16.0. The van der Waals surface area contributed by atoms with Crippen molar-refractivity contribution in [2.45, 2.75) is 34.5 Å². The molecule has 5 heteroatoms. The lowest BCUT2D eigenvalue weighted by molar-refractivity contribution is 0.114. The van der Waals surface area contributed by atoms with Crippen molar-refractivity contribution >= 4 is 23.5 Å². The Morgan fingerprint density at radius 1 is 0.652 bits per heavy atom. The zero-order valence-electron chi connectivity index (χ0n) is 13.8. The minimum Gasteiger partial charge on any atom is -0.497 e. The molecule has 124 valence electrons. The van der Waals surface area contributed by atoms with E-state index < -0.39 is 0 Å². The van der Waals surface area contributed by atoms with Crippen molar-refractivity contribution in [2.24, 2.45) is 0 Å². The Morgan fingerprint density at radius 3 is 1.30 bits per heavy atom. The molecule has 23 heavy (non-hydrogen) atoms. The molecule has 0 heterocycles. The van der Waals surface area contributed by atoms with Crippen molar-refractivity contribution in [3.63, 3.8) is 0 Å². The number of methoxy groups -OCH3 is 2. The van der Waals surface area contributed by atoms with Crippen molar-refractivity contribution in [3.8, 4) is 11.5 Å². The van der Waals surface area contributed by atoms with Gasteiger partial charge in [0.25, 0.3) is 0 Å². The van der Waals surface area contributed by atoms with Crippen molar-refractivity contribution in [1.29, 1.82) is 0 Å². The van der Waals surface area contributed by atoms with Gasteiger partial charge in [0.05, 0.1) is 14.2 Å². The second kappa shape index (κ2) is 9.11. The minimum atomic E-state index is 0.0733. The molecule has 0 aromatic heterocycles. The van der Waals surface area contributed by atoms with Crippen LogP contribution in [-0.2, 0) is 4.74 Å². The van der Waals surface area contributed by atoms with Crippen LogP contribution >= 0.6 is 23.5 Å². The molecule has 0 aliphatic heterocycles. The summed E-state index contributed by atoms with van der Waals surface area (Å²) in [5.74, 6) is 1.73. The van der Waals surface area contributed by atoms with E-state index in [1.54, 1.807) is 37.7 Å². The lowest BCUT2D eigenvalue weighted by Gasteiger charge is -2.18. The molecular formula is C18H22O3S2. The first kappa shape index (κ1) is 18.0. The Labute approximate surface area is 146 Å². The zero-order chi connectivity index (χ0) is 16.7. The molecule has 0 fully saturated rings. The second-order valence-corrected chi connectivity index (χ2v) is 7.60. The highest BCUT2D eigenvalue weighted by Crippen LogP contribution is 2.31. The Kier molecular flexibility index (Phi) is 7.15. The van der Waals surface area contributed by atoms with Gasteiger partial charge < -0.3 is 14.2 Å². The number of rotatable bonds is 8. The molecule has 2 unspecified atom stereocenters. The lowest BCUT2D eigenvalue weighted by Crippen LogP contribution is -2.10. The van der Waals surface area contributed by atoms with Gasteiger partial charge in [-0.15, -0.1) is 0 Å². The second-order valence-electron chi connectivity index (χ2n) is 4.86. The Bertz CT molecular complexity index is 531. The van der Waals surface area contributed by atoms with Crippen molar-refractivity contribution in [1.82, 2.24) is 0 Å². The van der Waals surface area contributed by atoms with Gasteiger partial charge in [0.1, 0.15) is 22.4 Å². The van der Waals surface area contributed by atoms with Crippen LogP contribution in [-0.4, -0.2) is 25.1 Å². The van der Waals surface area contributed by atoms with Crippen LogP contribution in [0.2, 0.25) is 0 Å². The van der Waals surface area contributed by atoms with E-state index in [0.717, 1.165) is 11.5 Å². The van der Waals surface area contributed by atoms with Crippen LogP contribution in [0.1, 0.15) is 13.8 Å². The summed E-state index contributed by atoms with van der Waals surface area (Å²) < 4.78 is 16.4. The van der Waals surface area contributed by atoms with E-state index in [0.29, 0.717) is 0 Å². The smallest absolute Gasteiger partial charge is 0.118 e. The lowest BCUT2D eigenvalue weighted by atomic mass is 10.3. The summed E-state index contributed by atoms with van der Waals surface area (Å²) in [6.07, 6.45) is 0. The predicted octanol–water partition coefficient (Wildman–Crippen LogP) is 5.30. The monoisotopic (exact) mass is 350 g/mol. The molecule has 0 spiro atoms. The third kappa shape index (κ3) is 6.01. The summed E-state index contributed by atoms with van der Waals surface area (Å²) >= 11 is 3.39. The van der Waals surface area contributed by atoms with Crippen molar-refractivity contribution in [2.75, 3.05) is 14.2 Å². The van der Waals surface area contributed by atoms with Gasteiger partial charge in [-0.3, -0.25) is 0 Å². The highest BCUT2D eigenvalue weighted by molar-refractivity contribution is 8.00. The molecule has 2 rings (SSSR count). The van der Waals surface area contributed by atoms with E-state index in [4.69, 9.17) is 14.2 Å². The fourth-order valence-electron chi connectivity index (χ4n) is 2.02. The Balaban J connectivity index is 1.82. The molecule has 0 aliphatic carbocycles.